The van der Waals surface area contributed by atoms with Gasteiger partial charge in [0.05, 0.1) is 0 Å². The number of piperidine rings is 1. The molecule has 1 N–H and O–H groups in total. The SMILES string of the molecule is CCC(CC)C(=O)NC1CCN(C(=O)c2ccc(Cl)cc2)CC1. The minimum Gasteiger partial charge on any atom is -0.353 e. The number of likely N-dealkylation sites (tertiary alicyclic amines) is 1. The zero-order valence-electron chi connectivity index (χ0n) is 13.8. The van der Waals surface area contributed by atoms with Gasteiger partial charge in [-0.25, -0.2) is 0 Å². The molecule has 2 rings (SSSR count). The van der Waals surface area contributed by atoms with Crippen molar-refractivity contribution >= 4 is 23.4 Å². The first-order valence-corrected chi connectivity index (χ1v) is 8.78. The molecule has 1 heterocycles. The molecule has 0 radical (unpaired) electrons. The Hall–Kier alpha value is -1.55. The minimum atomic E-state index is 0.0337. The summed E-state index contributed by atoms with van der Waals surface area (Å²) in [4.78, 5) is 26.4. The van der Waals surface area contributed by atoms with Crippen molar-refractivity contribution in [2.24, 2.45) is 5.92 Å². The summed E-state index contributed by atoms with van der Waals surface area (Å²) >= 11 is 5.85. The van der Waals surface area contributed by atoms with Crippen molar-refractivity contribution in [2.75, 3.05) is 13.1 Å². The summed E-state index contributed by atoms with van der Waals surface area (Å²) < 4.78 is 0. The van der Waals surface area contributed by atoms with Gasteiger partial charge in [0.2, 0.25) is 5.91 Å². The molecule has 0 aromatic heterocycles. The molecular formula is C18H25ClN2O2. The molecule has 0 bridgehead atoms. The van der Waals surface area contributed by atoms with Gasteiger partial charge in [0.15, 0.2) is 0 Å². The van der Waals surface area contributed by atoms with Crippen molar-refractivity contribution in [3.8, 4) is 0 Å². The van der Waals surface area contributed by atoms with Crippen LogP contribution in [0, 0.1) is 5.92 Å². The molecule has 2 amide bonds. The predicted molar refractivity (Wildman–Crippen MR) is 92.6 cm³/mol. The Morgan fingerprint density at radius 2 is 1.74 bits per heavy atom. The van der Waals surface area contributed by atoms with E-state index < -0.39 is 0 Å². The van der Waals surface area contributed by atoms with Crippen molar-refractivity contribution < 1.29 is 9.59 Å². The number of rotatable bonds is 5. The smallest absolute Gasteiger partial charge is 0.253 e. The molecule has 5 heteroatoms. The summed E-state index contributed by atoms with van der Waals surface area (Å²) in [5.41, 5.74) is 0.661. The number of nitrogens with zero attached hydrogens (tertiary/aromatic N) is 1. The lowest BCUT2D eigenvalue weighted by molar-refractivity contribution is -0.126. The molecule has 1 aromatic rings. The highest BCUT2D eigenvalue weighted by atomic mass is 35.5. The average molecular weight is 337 g/mol. The molecule has 0 aliphatic carbocycles. The first-order chi connectivity index (χ1) is 11.0. The maximum absolute atomic E-state index is 12.4. The van der Waals surface area contributed by atoms with Gasteiger partial charge in [-0.05, 0) is 49.9 Å². The number of halogens is 1. The fourth-order valence-corrected chi connectivity index (χ4v) is 3.11. The Labute approximate surface area is 143 Å². The second-order valence-electron chi connectivity index (χ2n) is 6.10. The van der Waals surface area contributed by atoms with Crippen molar-refractivity contribution in [1.82, 2.24) is 10.2 Å². The van der Waals surface area contributed by atoms with Crippen molar-refractivity contribution in [3.63, 3.8) is 0 Å². The molecule has 1 aliphatic heterocycles. The lowest BCUT2D eigenvalue weighted by Crippen LogP contribution is -2.47. The van der Waals surface area contributed by atoms with E-state index in [1.807, 2.05) is 18.7 Å². The summed E-state index contributed by atoms with van der Waals surface area (Å²) in [6, 6.07) is 7.16. The Balaban J connectivity index is 1.85. The van der Waals surface area contributed by atoms with E-state index >= 15 is 0 Å². The van der Waals surface area contributed by atoms with E-state index in [9.17, 15) is 9.59 Å². The third kappa shape index (κ3) is 4.71. The number of amides is 2. The Morgan fingerprint density at radius 3 is 2.26 bits per heavy atom. The first-order valence-electron chi connectivity index (χ1n) is 8.40. The molecule has 0 unspecified atom stereocenters. The van der Waals surface area contributed by atoms with Crippen LogP contribution in [0.2, 0.25) is 5.02 Å². The lowest BCUT2D eigenvalue weighted by Gasteiger charge is -2.33. The fourth-order valence-electron chi connectivity index (χ4n) is 2.98. The number of carbonyl (C=O) groups excluding carboxylic acids is 2. The standard InChI is InChI=1S/C18H25ClN2O2/c1-3-13(4-2)17(22)20-16-9-11-21(12-10-16)18(23)14-5-7-15(19)8-6-14/h5-8,13,16H,3-4,9-12H2,1-2H3,(H,20,22). The quantitative estimate of drug-likeness (QED) is 0.894. The monoisotopic (exact) mass is 336 g/mol. The molecule has 0 atom stereocenters. The summed E-state index contributed by atoms with van der Waals surface area (Å²) in [6.45, 7) is 5.44. The Kier molecular flexibility index (Phi) is 6.46. The van der Waals surface area contributed by atoms with Crippen LogP contribution >= 0.6 is 11.6 Å². The molecule has 0 spiro atoms. The van der Waals surface area contributed by atoms with Gasteiger partial charge in [-0.3, -0.25) is 9.59 Å². The number of nitrogens with one attached hydrogen (secondary N) is 1. The van der Waals surface area contributed by atoms with Crippen LogP contribution in [-0.2, 0) is 4.79 Å². The van der Waals surface area contributed by atoms with Crippen LogP contribution in [0.15, 0.2) is 24.3 Å². The largest absolute Gasteiger partial charge is 0.353 e. The van der Waals surface area contributed by atoms with Crippen LogP contribution in [0.3, 0.4) is 0 Å². The zero-order chi connectivity index (χ0) is 16.8. The molecule has 4 nitrogen and oxygen atoms in total. The molecular weight excluding hydrogens is 312 g/mol. The molecule has 1 aromatic carbocycles. The van der Waals surface area contributed by atoms with Crippen molar-refractivity contribution in [3.05, 3.63) is 34.9 Å². The third-order valence-electron chi connectivity index (χ3n) is 4.58. The summed E-state index contributed by atoms with van der Waals surface area (Å²) in [6.07, 6.45) is 3.36. The molecule has 23 heavy (non-hydrogen) atoms. The highest BCUT2D eigenvalue weighted by molar-refractivity contribution is 6.30. The minimum absolute atomic E-state index is 0.0337. The molecule has 1 fully saturated rings. The van der Waals surface area contributed by atoms with Gasteiger partial charge >= 0.3 is 0 Å². The van der Waals surface area contributed by atoms with E-state index in [4.69, 9.17) is 11.6 Å². The van der Waals surface area contributed by atoms with E-state index in [1.54, 1.807) is 24.3 Å². The van der Waals surface area contributed by atoms with Crippen LogP contribution in [0.4, 0.5) is 0 Å². The van der Waals surface area contributed by atoms with Crippen LogP contribution < -0.4 is 5.32 Å². The lowest BCUT2D eigenvalue weighted by atomic mass is 9.99. The van der Waals surface area contributed by atoms with Gasteiger partial charge in [0.25, 0.3) is 5.91 Å². The molecule has 1 aliphatic rings. The van der Waals surface area contributed by atoms with E-state index in [0.717, 1.165) is 25.7 Å². The van der Waals surface area contributed by atoms with Crippen molar-refractivity contribution in [1.29, 1.82) is 0 Å². The normalized spacial score (nSPS) is 15.7. The molecule has 0 saturated carbocycles. The highest BCUT2D eigenvalue weighted by Crippen LogP contribution is 2.17. The molecule has 1 saturated heterocycles. The molecule has 126 valence electrons. The number of benzene rings is 1. The average Bonchev–Trinajstić information content (AvgIpc) is 2.57. The highest BCUT2D eigenvalue weighted by Gasteiger charge is 2.26. The fraction of sp³-hybridized carbons (Fsp3) is 0.556. The third-order valence-corrected chi connectivity index (χ3v) is 4.83. The van der Waals surface area contributed by atoms with E-state index in [-0.39, 0.29) is 23.8 Å². The summed E-state index contributed by atoms with van der Waals surface area (Å²) in [7, 11) is 0. The van der Waals surface area contributed by atoms with Crippen LogP contribution in [0.1, 0.15) is 49.9 Å². The van der Waals surface area contributed by atoms with Gasteiger partial charge in [-0.15, -0.1) is 0 Å². The van der Waals surface area contributed by atoms with Gasteiger partial charge < -0.3 is 10.2 Å². The maximum atomic E-state index is 12.4. The Morgan fingerprint density at radius 1 is 1.17 bits per heavy atom. The van der Waals surface area contributed by atoms with Crippen molar-refractivity contribution in [2.45, 2.75) is 45.6 Å². The zero-order valence-corrected chi connectivity index (χ0v) is 14.6. The van der Waals surface area contributed by atoms with Gasteiger partial charge in [-0.1, -0.05) is 25.4 Å². The van der Waals surface area contributed by atoms with Gasteiger partial charge in [0.1, 0.15) is 0 Å². The predicted octanol–water partition coefficient (Wildman–Crippen LogP) is 3.50. The van der Waals surface area contributed by atoms with E-state index in [2.05, 4.69) is 5.32 Å². The Bertz CT molecular complexity index is 532. The topological polar surface area (TPSA) is 49.4 Å². The van der Waals surface area contributed by atoms with Crippen LogP contribution in [-0.4, -0.2) is 35.8 Å². The number of carbonyl (C=O) groups is 2. The summed E-state index contributed by atoms with van der Waals surface area (Å²) in [5, 5.41) is 3.76. The number of hydrogen-bond acceptors (Lipinski definition) is 2. The number of hydrogen-bond donors (Lipinski definition) is 1. The van der Waals surface area contributed by atoms with E-state index in [1.165, 1.54) is 0 Å². The maximum Gasteiger partial charge on any atom is 0.253 e. The van der Waals surface area contributed by atoms with Crippen LogP contribution in [0.25, 0.3) is 0 Å². The first kappa shape index (κ1) is 17.8. The van der Waals surface area contributed by atoms with Crippen LogP contribution in [0.5, 0.6) is 0 Å². The van der Waals surface area contributed by atoms with E-state index in [0.29, 0.717) is 23.7 Å². The summed E-state index contributed by atoms with van der Waals surface area (Å²) in [5.74, 6) is 0.285. The second kappa shape index (κ2) is 8.34. The van der Waals surface area contributed by atoms with Gasteiger partial charge in [-0.2, -0.15) is 0 Å². The second-order valence-corrected chi connectivity index (χ2v) is 6.53. The van der Waals surface area contributed by atoms with Gasteiger partial charge in [0, 0.05) is 35.6 Å².